The Kier molecular flexibility index (Phi) is 6.57. The number of nitrogens with zero attached hydrogens (tertiary/aromatic N) is 2. The van der Waals surface area contributed by atoms with Crippen molar-refractivity contribution in [1.29, 1.82) is 0 Å². The molecule has 0 fully saturated rings. The van der Waals surface area contributed by atoms with Gasteiger partial charge in [0.05, 0.1) is 0 Å². The van der Waals surface area contributed by atoms with Gasteiger partial charge in [-0.2, -0.15) is 4.57 Å². The minimum atomic E-state index is 0. The lowest BCUT2D eigenvalue weighted by atomic mass is 10.1. The van der Waals surface area contributed by atoms with Crippen LogP contribution in [0.5, 0.6) is 0 Å². The standard InChI is InChI=1S/C21H23N2S.BrH/c1-5-14-23-19-8-6-7-9-20(19)24-21(23)16(2)15-17-10-12-18(13-11-17)22(3)4;/h5-13,15H,1,14H2,2-4H3;1H/q+1;/p-1. The van der Waals surface area contributed by atoms with Crippen molar-refractivity contribution in [3.63, 3.8) is 0 Å². The zero-order chi connectivity index (χ0) is 17.1. The second-order valence-corrected chi connectivity index (χ2v) is 7.12. The van der Waals surface area contributed by atoms with E-state index in [1.165, 1.54) is 32.0 Å². The topological polar surface area (TPSA) is 7.12 Å². The Labute approximate surface area is 164 Å². The van der Waals surface area contributed by atoms with Crippen LogP contribution in [0, 0.1) is 0 Å². The number of anilines is 1. The van der Waals surface area contributed by atoms with Crippen LogP contribution < -0.4 is 26.4 Å². The molecule has 0 bridgehead atoms. The lowest BCUT2D eigenvalue weighted by molar-refractivity contribution is -0.658. The fourth-order valence-electron chi connectivity index (χ4n) is 2.82. The summed E-state index contributed by atoms with van der Waals surface area (Å²) < 4.78 is 3.65. The van der Waals surface area contributed by atoms with Gasteiger partial charge in [0.25, 0.3) is 5.01 Å². The zero-order valence-electron chi connectivity index (χ0n) is 14.9. The smallest absolute Gasteiger partial charge is 0.265 e. The summed E-state index contributed by atoms with van der Waals surface area (Å²) in [7, 11) is 4.12. The molecule has 25 heavy (non-hydrogen) atoms. The predicted molar refractivity (Wildman–Crippen MR) is 107 cm³/mol. The predicted octanol–water partition coefficient (Wildman–Crippen LogP) is 2.01. The van der Waals surface area contributed by atoms with Gasteiger partial charge in [-0.05, 0) is 42.8 Å². The molecule has 2 nitrogen and oxygen atoms in total. The summed E-state index contributed by atoms with van der Waals surface area (Å²) in [6.07, 6.45) is 4.21. The number of allylic oxidation sites excluding steroid dienone is 2. The van der Waals surface area contributed by atoms with Crippen molar-refractivity contribution in [2.75, 3.05) is 19.0 Å². The van der Waals surface area contributed by atoms with E-state index in [0.29, 0.717) is 0 Å². The van der Waals surface area contributed by atoms with Gasteiger partial charge in [-0.3, -0.25) is 0 Å². The second kappa shape index (κ2) is 8.45. The number of halogens is 1. The van der Waals surface area contributed by atoms with Crippen molar-refractivity contribution in [3.8, 4) is 0 Å². The summed E-state index contributed by atoms with van der Waals surface area (Å²) in [6.45, 7) is 6.92. The highest BCUT2D eigenvalue weighted by Crippen LogP contribution is 2.27. The third-order valence-corrected chi connectivity index (χ3v) is 5.35. The molecule has 2 aromatic carbocycles. The average Bonchev–Trinajstić information content (AvgIpc) is 2.95. The van der Waals surface area contributed by atoms with E-state index in [1.807, 2.05) is 17.4 Å². The SMILES string of the molecule is C=CC[n+]1c(/C(C)=C/c2ccc(N(C)C)cc2)sc2ccccc21.[Br-]. The molecule has 0 amide bonds. The van der Waals surface area contributed by atoms with E-state index in [1.54, 1.807) is 0 Å². The quantitative estimate of drug-likeness (QED) is 0.457. The van der Waals surface area contributed by atoms with E-state index in [2.05, 4.69) is 91.7 Å². The largest absolute Gasteiger partial charge is 1.00 e. The van der Waals surface area contributed by atoms with E-state index in [4.69, 9.17) is 0 Å². The molecule has 0 radical (unpaired) electrons. The van der Waals surface area contributed by atoms with E-state index >= 15 is 0 Å². The Morgan fingerprint density at radius 3 is 2.44 bits per heavy atom. The average molecular weight is 415 g/mol. The minimum absolute atomic E-state index is 0. The molecule has 0 unspecified atom stereocenters. The van der Waals surface area contributed by atoms with Crippen LogP contribution in [-0.4, -0.2) is 14.1 Å². The van der Waals surface area contributed by atoms with Crippen LogP contribution >= 0.6 is 11.3 Å². The highest BCUT2D eigenvalue weighted by Gasteiger charge is 2.20. The first-order valence-electron chi connectivity index (χ1n) is 8.08. The van der Waals surface area contributed by atoms with Gasteiger partial charge in [0, 0.05) is 31.4 Å². The zero-order valence-corrected chi connectivity index (χ0v) is 17.3. The van der Waals surface area contributed by atoms with Crippen molar-refractivity contribution < 1.29 is 21.5 Å². The molecule has 130 valence electrons. The molecule has 3 aromatic rings. The number of fused-ring (bicyclic) bond motifs is 1. The van der Waals surface area contributed by atoms with Crippen LogP contribution in [0.15, 0.2) is 61.2 Å². The molecule has 0 aliphatic heterocycles. The molecular formula is C21H23BrN2S. The van der Waals surface area contributed by atoms with Crippen molar-refractivity contribution in [2.24, 2.45) is 0 Å². The van der Waals surface area contributed by atoms with Crippen molar-refractivity contribution in [3.05, 3.63) is 71.8 Å². The summed E-state index contributed by atoms with van der Waals surface area (Å²) in [4.78, 5) is 2.12. The van der Waals surface area contributed by atoms with Gasteiger partial charge in [0.15, 0.2) is 6.54 Å². The molecule has 4 heteroatoms. The molecule has 0 atom stereocenters. The van der Waals surface area contributed by atoms with Crippen molar-refractivity contribution in [1.82, 2.24) is 0 Å². The summed E-state index contributed by atoms with van der Waals surface area (Å²) >= 11 is 1.84. The van der Waals surface area contributed by atoms with Gasteiger partial charge >= 0.3 is 0 Å². The second-order valence-electron chi connectivity index (χ2n) is 6.09. The number of para-hydroxylation sites is 1. The highest BCUT2D eigenvalue weighted by atomic mass is 79.9. The van der Waals surface area contributed by atoms with Gasteiger partial charge < -0.3 is 21.9 Å². The molecule has 1 heterocycles. The maximum atomic E-state index is 3.91. The Morgan fingerprint density at radius 1 is 1.12 bits per heavy atom. The van der Waals surface area contributed by atoms with Crippen LogP contribution in [0.2, 0.25) is 0 Å². The molecule has 0 aliphatic carbocycles. The van der Waals surface area contributed by atoms with Gasteiger partial charge in [-0.25, -0.2) is 0 Å². The molecule has 1 aromatic heterocycles. The molecule has 0 saturated carbocycles. The number of benzene rings is 2. The van der Waals surface area contributed by atoms with Gasteiger partial charge in [-0.1, -0.05) is 42.2 Å². The summed E-state index contributed by atoms with van der Waals surface area (Å²) in [5, 5.41) is 1.28. The number of hydrogen-bond donors (Lipinski definition) is 0. The summed E-state index contributed by atoms with van der Waals surface area (Å²) in [5.74, 6) is 0. The first-order valence-corrected chi connectivity index (χ1v) is 8.90. The normalized spacial score (nSPS) is 11.2. The Morgan fingerprint density at radius 2 is 1.80 bits per heavy atom. The van der Waals surface area contributed by atoms with Crippen molar-refractivity contribution in [2.45, 2.75) is 13.5 Å². The lowest BCUT2D eigenvalue weighted by Gasteiger charge is -2.11. The number of thiazole rings is 1. The fourth-order valence-corrected chi connectivity index (χ4v) is 3.96. The Balaban J connectivity index is 0.00000225. The van der Waals surface area contributed by atoms with Gasteiger partial charge in [0.1, 0.15) is 4.70 Å². The van der Waals surface area contributed by atoms with Gasteiger partial charge in [-0.15, -0.1) is 0 Å². The minimum Gasteiger partial charge on any atom is -1.00 e. The Hall–Kier alpha value is -1.91. The maximum absolute atomic E-state index is 3.91. The maximum Gasteiger partial charge on any atom is 0.265 e. The lowest BCUT2D eigenvalue weighted by Crippen LogP contribution is -3.00. The summed E-state index contributed by atoms with van der Waals surface area (Å²) in [6, 6.07) is 17.2. The number of aromatic nitrogens is 1. The van der Waals surface area contributed by atoms with E-state index in [9.17, 15) is 0 Å². The highest BCUT2D eigenvalue weighted by molar-refractivity contribution is 7.19. The van der Waals surface area contributed by atoms with Crippen LogP contribution in [0.3, 0.4) is 0 Å². The third-order valence-electron chi connectivity index (χ3n) is 4.05. The van der Waals surface area contributed by atoms with Crippen LogP contribution in [0.4, 0.5) is 5.69 Å². The molecule has 0 aliphatic rings. The molecular weight excluding hydrogens is 392 g/mol. The van der Waals surface area contributed by atoms with Crippen LogP contribution in [0.25, 0.3) is 21.9 Å². The number of rotatable bonds is 5. The van der Waals surface area contributed by atoms with Gasteiger partial charge in [0.2, 0.25) is 5.52 Å². The third kappa shape index (κ3) is 4.20. The van der Waals surface area contributed by atoms with E-state index in [-0.39, 0.29) is 17.0 Å². The van der Waals surface area contributed by atoms with Crippen molar-refractivity contribution >= 4 is 38.9 Å². The number of hydrogen-bond acceptors (Lipinski definition) is 2. The molecule has 0 saturated heterocycles. The first-order chi connectivity index (χ1) is 11.6. The molecule has 0 N–H and O–H groups in total. The van der Waals surface area contributed by atoms with Crippen LogP contribution in [-0.2, 0) is 6.54 Å². The van der Waals surface area contributed by atoms with Crippen LogP contribution in [0.1, 0.15) is 17.5 Å². The molecule has 0 spiro atoms. The van der Waals surface area contributed by atoms with E-state index in [0.717, 1.165) is 6.54 Å². The summed E-state index contributed by atoms with van der Waals surface area (Å²) in [5.41, 5.74) is 4.98. The molecule has 3 rings (SSSR count). The van der Waals surface area contributed by atoms with E-state index < -0.39 is 0 Å². The monoisotopic (exact) mass is 414 g/mol. The Bertz CT molecular complexity index is 892. The first kappa shape index (κ1) is 19.4. The fraction of sp³-hybridized carbons (Fsp3) is 0.190.